The summed E-state index contributed by atoms with van der Waals surface area (Å²) in [6.45, 7) is 3.62. The summed E-state index contributed by atoms with van der Waals surface area (Å²) in [5.74, 6) is 0.850. The van der Waals surface area contributed by atoms with Gasteiger partial charge in [0.1, 0.15) is 5.82 Å². The molecule has 0 amide bonds. The third kappa shape index (κ3) is 1.71. The van der Waals surface area contributed by atoms with Crippen molar-refractivity contribution in [1.29, 1.82) is 0 Å². The third-order valence-corrected chi connectivity index (χ3v) is 1.61. The van der Waals surface area contributed by atoms with Gasteiger partial charge in [0, 0.05) is 12.1 Å². The molecule has 0 aliphatic rings. The lowest BCUT2D eigenvalue weighted by atomic mass is 10.2. The Kier molecular flexibility index (Phi) is 2.60. The Labute approximate surface area is 70.3 Å². The van der Waals surface area contributed by atoms with Gasteiger partial charge in [-0.15, -0.1) is 0 Å². The average molecular weight is 168 g/mol. The van der Waals surface area contributed by atoms with Crippen LogP contribution >= 0.6 is 0 Å². The van der Waals surface area contributed by atoms with Crippen molar-refractivity contribution in [3.63, 3.8) is 0 Å². The van der Waals surface area contributed by atoms with Gasteiger partial charge in [0.05, 0.1) is 12.2 Å². The number of rotatable bonds is 2. The van der Waals surface area contributed by atoms with Crippen molar-refractivity contribution in [2.24, 2.45) is 0 Å². The molecule has 0 aliphatic carbocycles. The normalized spacial score (nSPS) is 10.7. The highest BCUT2D eigenvalue weighted by Crippen LogP contribution is 2.05. The van der Waals surface area contributed by atoms with Crippen LogP contribution in [0.1, 0.15) is 31.2 Å². The number of hydrogen-bond acceptors (Lipinski definition) is 3. The zero-order valence-electron chi connectivity index (χ0n) is 7.16. The summed E-state index contributed by atoms with van der Waals surface area (Å²) in [6.07, 6.45) is 1.41. The number of aromatic amines is 1. The van der Waals surface area contributed by atoms with Gasteiger partial charge >= 0.3 is 0 Å². The van der Waals surface area contributed by atoms with E-state index in [1.165, 1.54) is 6.20 Å². The zero-order valence-corrected chi connectivity index (χ0v) is 7.16. The van der Waals surface area contributed by atoms with Gasteiger partial charge in [-0.3, -0.25) is 4.79 Å². The van der Waals surface area contributed by atoms with Crippen molar-refractivity contribution in [3.05, 3.63) is 27.9 Å². The van der Waals surface area contributed by atoms with Crippen molar-refractivity contribution in [1.82, 2.24) is 9.97 Å². The van der Waals surface area contributed by atoms with E-state index in [1.54, 1.807) is 0 Å². The fraction of sp³-hybridized carbons (Fsp3) is 0.500. The minimum absolute atomic E-state index is 0.199. The molecule has 2 N–H and O–H groups in total. The average Bonchev–Trinajstić information content (AvgIpc) is 2.04. The molecule has 0 unspecified atom stereocenters. The fourth-order valence-electron chi connectivity index (χ4n) is 0.841. The van der Waals surface area contributed by atoms with Gasteiger partial charge in [0.25, 0.3) is 5.56 Å². The lowest BCUT2D eigenvalue weighted by Crippen LogP contribution is -2.16. The Hall–Kier alpha value is -1.16. The van der Waals surface area contributed by atoms with Gasteiger partial charge in [0.2, 0.25) is 0 Å². The summed E-state index contributed by atoms with van der Waals surface area (Å²) in [6, 6.07) is 0. The molecule has 1 aromatic rings. The monoisotopic (exact) mass is 168 g/mol. The van der Waals surface area contributed by atoms with Crippen LogP contribution in [0.25, 0.3) is 0 Å². The van der Waals surface area contributed by atoms with E-state index >= 15 is 0 Å². The second-order valence-electron chi connectivity index (χ2n) is 2.94. The minimum atomic E-state index is -0.263. The van der Waals surface area contributed by atoms with Crippen molar-refractivity contribution >= 4 is 0 Å². The van der Waals surface area contributed by atoms with E-state index in [2.05, 4.69) is 9.97 Å². The lowest BCUT2D eigenvalue weighted by Gasteiger charge is -2.03. The first kappa shape index (κ1) is 8.93. The maximum absolute atomic E-state index is 11.1. The SMILES string of the molecule is CC(C)c1ncc(CO)c(=O)[nH]1. The van der Waals surface area contributed by atoms with Gasteiger partial charge < -0.3 is 10.1 Å². The smallest absolute Gasteiger partial charge is 0.256 e. The molecule has 0 aromatic carbocycles. The molecule has 1 heterocycles. The summed E-state index contributed by atoms with van der Waals surface area (Å²) in [5.41, 5.74) is 0.0515. The topological polar surface area (TPSA) is 66.0 Å². The molecule has 0 saturated heterocycles. The van der Waals surface area contributed by atoms with Gasteiger partial charge in [-0.25, -0.2) is 4.98 Å². The van der Waals surface area contributed by atoms with E-state index in [0.717, 1.165) is 0 Å². The molecular formula is C8H12N2O2. The van der Waals surface area contributed by atoms with Gasteiger partial charge in [0.15, 0.2) is 0 Å². The number of nitrogens with zero attached hydrogens (tertiary/aromatic N) is 1. The second-order valence-corrected chi connectivity index (χ2v) is 2.94. The summed E-state index contributed by atoms with van der Waals surface area (Å²) < 4.78 is 0. The van der Waals surface area contributed by atoms with Crippen LogP contribution in [-0.4, -0.2) is 15.1 Å². The maximum Gasteiger partial charge on any atom is 0.256 e. The maximum atomic E-state index is 11.1. The number of aliphatic hydroxyl groups excluding tert-OH is 1. The first-order valence-corrected chi connectivity index (χ1v) is 3.84. The summed E-state index contributed by atoms with van der Waals surface area (Å²) in [5, 5.41) is 8.69. The molecule has 0 spiro atoms. The number of aromatic nitrogens is 2. The van der Waals surface area contributed by atoms with Gasteiger partial charge in [-0.2, -0.15) is 0 Å². The number of H-pyrrole nitrogens is 1. The van der Waals surface area contributed by atoms with Gasteiger partial charge in [-0.1, -0.05) is 13.8 Å². The molecule has 0 radical (unpaired) electrons. The predicted molar refractivity (Wildman–Crippen MR) is 44.9 cm³/mol. The fourth-order valence-corrected chi connectivity index (χ4v) is 0.841. The highest BCUT2D eigenvalue weighted by atomic mass is 16.3. The molecule has 1 aromatic heterocycles. The molecule has 4 nitrogen and oxygen atoms in total. The number of aliphatic hydroxyl groups is 1. The quantitative estimate of drug-likeness (QED) is 0.671. The second kappa shape index (κ2) is 3.49. The standard InChI is InChI=1S/C8H12N2O2/c1-5(2)7-9-3-6(4-11)8(12)10-7/h3,5,11H,4H2,1-2H3,(H,9,10,12). The van der Waals surface area contributed by atoms with E-state index in [-0.39, 0.29) is 18.1 Å². The van der Waals surface area contributed by atoms with Crippen LogP contribution in [0.5, 0.6) is 0 Å². The van der Waals surface area contributed by atoms with Crippen molar-refractivity contribution < 1.29 is 5.11 Å². The van der Waals surface area contributed by atoms with Crippen LogP contribution in [0.15, 0.2) is 11.0 Å². The molecule has 0 atom stereocenters. The Morgan fingerprint density at radius 1 is 1.67 bits per heavy atom. The van der Waals surface area contributed by atoms with Crippen LogP contribution in [0.4, 0.5) is 0 Å². The summed E-state index contributed by atoms with van der Waals surface area (Å²) in [7, 11) is 0. The molecular weight excluding hydrogens is 156 g/mol. The van der Waals surface area contributed by atoms with Crippen molar-refractivity contribution in [2.45, 2.75) is 26.4 Å². The predicted octanol–water partition coefficient (Wildman–Crippen LogP) is 0.386. The first-order valence-electron chi connectivity index (χ1n) is 3.84. The molecule has 0 fully saturated rings. The Morgan fingerprint density at radius 3 is 2.75 bits per heavy atom. The Morgan fingerprint density at radius 2 is 2.33 bits per heavy atom. The molecule has 12 heavy (non-hydrogen) atoms. The largest absolute Gasteiger partial charge is 0.391 e. The molecule has 0 aliphatic heterocycles. The van der Waals surface area contributed by atoms with Crippen molar-refractivity contribution in [2.75, 3.05) is 0 Å². The minimum Gasteiger partial charge on any atom is -0.391 e. The first-order chi connectivity index (χ1) is 5.65. The van der Waals surface area contributed by atoms with E-state index < -0.39 is 0 Å². The Bertz CT molecular complexity index is 317. The van der Waals surface area contributed by atoms with Crippen LogP contribution < -0.4 is 5.56 Å². The van der Waals surface area contributed by atoms with E-state index in [4.69, 9.17) is 5.11 Å². The zero-order chi connectivity index (χ0) is 9.14. The molecule has 0 bridgehead atoms. The third-order valence-electron chi connectivity index (χ3n) is 1.61. The van der Waals surface area contributed by atoms with Gasteiger partial charge in [-0.05, 0) is 0 Å². The van der Waals surface area contributed by atoms with Crippen molar-refractivity contribution in [3.8, 4) is 0 Å². The molecule has 1 rings (SSSR count). The molecule has 4 heteroatoms. The van der Waals surface area contributed by atoms with Crippen LogP contribution in [0, 0.1) is 0 Å². The summed E-state index contributed by atoms with van der Waals surface area (Å²) >= 11 is 0. The summed E-state index contributed by atoms with van der Waals surface area (Å²) in [4.78, 5) is 17.7. The number of nitrogens with one attached hydrogen (secondary N) is 1. The highest BCUT2D eigenvalue weighted by molar-refractivity contribution is 5.05. The van der Waals surface area contributed by atoms with E-state index in [1.807, 2.05) is 13.8 Å². The lowest BCUT2D eigenvalue weighted by molar-refractivity contribution is 0.279. The van der Waals surface area contributed by atoms with Crippen LogP contribution in [-0.2, 0) is 6.61 Å². The Balaban J connectivity index is 3.11. The molecule has 0 saturated carbocycles. The number of hydrogen-bond donors (Lipinski definition) is 2. The van der Waals surface area contributed by atoms with Crippen LogP contribution in [0.3, 0.4) is 0 Å². The molecule has 66 valence electrons. The van der Waals surface area contributed by atoms with Crippen LogP contribution in [0.2, 0.25) is 0 Å². The van der Waals surface area contributed by atoms with E-state index in [9.17, 15) is 4.79 Å². The highest BCUT2D eigenvalue weighted by Gasteiger charge is 2.03. The van der Waals surface area contributed by atoms with E-state index in [0.29, 0.717) is 11.4 Å².